The fourth-order valence-electron chi connectivity index (χ4n) is 2.41. The minimum absolute atomic E-state index is 0.0703. The van der Waals surface area contributed by atoms with Crippen LogP contribution in [0.2, 0.25) is 0 Å². The predicted octanol–water partition coefficient (Wildman–Crippen LogP) is 4.00. The van der Waals surface area contributed by atoms with Gasteiger partial charge in [0.1, 0.15) is 11.5 Å². The zero-order valence-electron chi connectivity index (χ0n) is 13.3. The van der Waals surface area contributed by atoms with E-state index in [-0.39, 0.29) is 11.8 Å². The van der Waals surface area contributed by atoms with Gasteiger partial charge in [-0.1, -0.05) is 19.9 Å². The number of aromatic amines is 1. The number of fused-ring (bicyclic) bond motifs is 1. The number of H-pyrrole nitrogens is 1. The highest BCUT2D eigenvalue weighted by Gasteiger charge is 2.29. The van der Waals surface area contributed by atoms with Crippen molar-refractivity contribution in [1.82, 2.24) is 15.0 Å². The molecule has 1 amide bonds. The third-order valence-corrected chi connectivity index (χ3v) is 3.71. The van der Waals surface area contributed by atoms with Crippen LogP contribution >= 0.6 is 0 Å². The molecule has 0 atom stereocenters. The Balaban J connectivity index is 0.000000753. The number of aromatic nitrogens is 3. The first-order valence-electron chi connectivity index (χ1n) is 8.00. The summed E-state index contributed by atoms with van der Waals surface area (Å²) in [7, 11) is 0. The summed E-state index contributed by atoms with van der Waals surface area (Å²) >= 11 is 0. The van der Waals surface area contributed by atoms with E-state index in [1.807, 2.05) is 50.5 Å². The molecular weight excluding hydrogens is 288 g/mol. The second kappa shape index (κ2) is 6.60. The first kappa shape index (κ1) is 15.2. The summed E-state index contributed by atoms with van der Waals surface area (Å²) in [6, 6.07) is 7.74. The van der Waals surface area contributed by atoms with Gasteiger partial charge in [-0.25, -0.2) is 4.98 Å². The highest BCUT2D eigenvalue weighted by atomic mass is 16.2. The second-order valence-corrected chi connectivity index (χ2v) is 5.30. The molecule has 2 N–H and O–H groups in total. The first-order valence-corrected chi connectivity index (χ1v) is 8.00. The molecule has 1 aliphatic carbocycles. The van der Waals surface area contributed by atoms with Crippen molar-refractivity contribution in [1.29, 1.82) is 0 Å². The van der Waals surface area contributed by atoms with Crippen molar-refractivity contribution in [3.05, 3.63) is 42.9 Å². The lowest BCUT2D eigenvalue weighted by atomic mass is 10.1. The summed E-state index contributed by atoms with van der Waals surface area (Å²) in [4.78, 5) is 23.5. The van der Waals surface area contributed by atoms with Crippen LogP contribution in [0.15, 0.2) is 42.9 Å². The maximum atomic E-state index is 11.8. The van der Waals surface area contributed by atoms with Gasteiger partial charge in [-0.15, -0.1) is 0 Å². The highest BCUT2D eigenvalue weighted by Crippen LogP contribution is 2.31. The average molecular weight is 308 g/mol. The number of nitrogens with zero attached hydrogens (tertiary/aromatic N) is 2. The summed E-state index contributed by atoms with van der Waals surface area (Å²) in [5.74, 6) is 0.844. The van der Waals surface area contributed by atoms with Crippen molar-refractivity contribution in [2.24, 2.45) is 5.92 Å². The summed E-state index contributed by atoms with van der Waals surface area (Å²) < 4.78 is 0. The maximum Gasteiger partial charge on any atom is 0.228 e. The monoisotopic (exact) mass is 308 g/mol. The predicted molar refractivity (Wildman–Crippen MR) is 92.0 cm³/mol. The summed E-state index contributed by atoms with van der Waals surface area (Å²) in [6.07, 6.45) is 7.47. The van der Waals surface area contributed by atoms with E-state index in [1.54, 1.807) is 6.20 Å². The molecule has 0 spiro atoms. The normalized spacial score (nSPS) is 13.3. The van der Waals surface area contributed by atoms with Gasteiger partial charge in [0, 0.05) is 41.0 Å². The lowest BCUT2D eigenvalue weighted by molar-refractivity contribution is -0.117. The van der Waals surface area contributed by atoms with Crippen molar-refractivity contribution < 1.29 is 4.79 Å². The van der Waals surface area contributed by atoms with E-state index < -0.39 is 0 Å². The molecule has 0 unspecified atom stereocenters. The number of anilines is 1. The van der Waals surface area contributed by atoms with Crippen molar-refractivity contribution in [2.75, 3.05) is 5.32 Å². The molecule has 0 bridgehead atoms. The van der Waals surface area contributed by atoms with Crippen LogP contribution < -0.4 is 5.32 Å². The molecule has 0 aromatic carbocycles. The minimum atomic E-state index is 0.0703. The Kier molecular flexibility index (Phi) is 4.37. The Labute approximate surface area is 135 Å². The van der Waals surface area contributed by atoms with Crippen LogP contribution in [0, 0.1) is 5.92 Å². The lowest BCUT2D eigenvalue weighted by Gasteiger charge is -2.03. The molecule has 1 saturated carbocycles. The molecule has 5 nitrogen and oxygen atoms in total. The minimum Gasteiger partial charge on any atom is -0.345 e. The van der Waals surface area contributed by atoms with E-state index in [4.69, 9.17) is 0 Å². The Bertz CT molecular complexity index is 806. The van der Waals surface area contributed by atoms with Gasteiger partial charge in [-0.05, 0) is 31.0 Å². The largest absolute Gasteiger partial charge is 0.345 e. The van der Waals surface area contributed by atoms with E-state index in [1.165, 1.54) is 0 Å². The first-order chi connectivity index (χ1) is 11.3. The Morgan fingerprint density at radius 2 is 2.09 bits per heavy atom. The number of rotatable bonds is 3. The van der Waals surface area contributed by atoms with E-state index >= 15 is 0 Å². The molecule has 0 saturated heterocycles. The number of nitrogens with one attached hydrogen (secondary N) is 2. The zero-order valence-corrected chi connectivity index (χ0v) is 13.3. The lowest BCUT2D eigenvalue weighted by Crippen LogP contribution is -2.14. The van der Waals surface area contributed by atoms with Crippen molar-refractivity contribution in [3.8, 4) is 11.1 Å². The van der Waals surface area contributed by atoms with Gasteiger partial charge < -0.3 is 10.3 Å². The molecule has 3 aromatic rings. The van der Waals surface area contributed by atoms with Crippen LogP contribution in [0.5, 0.6) is 0 Å². The van der Waals surface area contributed by atoms with E-state index in [0.717, 1.165) is 35.0 Å². The van der Waals surface area contributed by atoms with Gasteiger partial charge in [0.15, 0.2) is 0 Å². The van der Waals surface area contributed by atoms with Crippen molar-refractivity contribution in [3.63, 3.8) is 0 Å². The van der Waals surface area contributed by atoms with Gasteiger partial charge in [-0.2, -0.15) is 0 Å². The van der Waals surface area contributed by atoms with Crippen LogP contribution in [0.4, 0.5) is 5.82 Å². The molecule has 118 valence electrons. The van der Waals surface area contributed by atoms with E-state index in [2.05, 4.69) is 20.3 Å². The summed E-state index contributed by atoms with van der Waals surface area (Å²) in [5.41, 5.74) is 2.87. The number of amides is 1. The number of carbonyl (C=O) groups excluding carboxylic acids is 1. The maximum absolute atomic E-state index is 11.8. The molecule has 5 heteroatoms. The average Bonchev–Trinajstić information content (AvgIpc) is 3.38. The Hall–Kier alpha value is -2.69. The van der Waals surface area contributed by atoms with Crippen LogP contribution in [-0.4, -0.2) is 20.9 Å². The fraction of sp³-hybridized carbons (Fsp3) is 0.278. The quantitative estimate of drug-likeness (QED) is 0.768. The van der Waals surface area contributed by atoms with Crippen LogP contribution in [0.3, 0.4) is 0 Å². The molecule has 1 fully saturated rings. The topological polar surface area (TPSA) is 70.7 Å². The van der Waals surface area contributed by atoms with E-state index in [0.29, 0.717) is 5.82 Å². The SMILES string of the molecule is CC.O=C(Nc1ccc2c(-c3cccnc3)c[nH]c2n1)C1CC1. The molecule has 0 radical (unpaired) electrons. The number of hydrogen-bond donors (Lipinski definition) is 2. The van der Waals surface area contributed by atoms with Crippen LogP contribution in [-0.2, 0) is 4.79 Å². The number of hydrogen-bond acceptors (Lipinski definition) is 3. The van der Waals surface area contributed by atoms with Crippen molar-refractivity contribution in [2.45, 2.75) is 26.7 Å². The fourth-order valence-corrected chi connectivity index (χ4v) is 2.41. The van der Waals surface area contributed by atoms with Gasteiger partial charge in [0.05, 0.1) is 0 Å². The molecule has 3 aromatic heterocycles. The van der Waals surface area contributed by atoms with Gasteiger partial charge in [0.25, 0.3) is 0 Å². The highest BCUT2D eigenvalue weighted by molar-refractivity contribution is 5.97. The standard InChI is InChI=1S/C16H14N4O.C2H6/c21-16(10-3-4-10)20-14-6-5-12-13(9-18-15(12)19-14)11-2-1-7-17-8-11;1-2/h1-2,5-10H,3-4H2,(H2,18,19,20,21);1-2H3. The van der Waals surface area contributed by atoms with Gasteiger partial charge >= 0.3 is 0 Å². The van der Waals surface area contributed by atoms with Gasteiger partial charge in [-0.3, -0.25) is 9.78 Å². The molecule has 4 rings (SSSR count). The number of pyridine rings is 2. The second-order valence-electron chi connectivity index (χ2n) is 5.30. The molecule has 3 heterocycles. The van der Waals surface area contributed by atoms with Crippen LogP contribution in [0.25, 0.3) is 22.2 Å². The Morgan fingerprint density at radius 1 is 1.26 bits per heavy atom. The van der Waals surface area contributed by atoms with Gasteiger partial charge in [0.2, 0.25) is 5.91 Å². The summed E-state index contributed by atoms with van der Waals surface area (Å²) in [5, 5.41) is 3.88. The van der Waals surface area contributed by atoms with Crippen LogP contribution in [0.1, 0.15) is 26.7 Å². The smallest absolute Gasteiger partial charge is 0.228 e. The summed E-state index contributed by atoms with van der Waals surface area (Å²) in [6.45, 7) is 4.00. The van der Waals surface area contributed by atoms with Crippen molar-refractivity contribution >= 4 is 22.8 Å². The third kappa shape index (κ3) is 3.23. The third-order valence-electron chi connectivity index (χ3n) is 3.71. The molecule has 0 aliphatic heterocycles. The zero-order chi connectivity index (χ0) is 16.2. The molecular formula is C18H20N4O. The molecule has 23 heavy (non-hydrogen) atoms. The van der Waals surface area contributed by atoms with E-state index in [9.17, 15) is 4.79 Å². The molecule has 1 aliphatic rings. The Morgan fingerprint density at radius 3 is 2.78 bits per heavy atom. The number of carbonyl (C=O) groups is 1.